The first kappa shape index (κ1) is 6.26. The molecule has 4 heteroatoms. The molecule has 0 unspecified atom stereocenters. The van der Waals surface area contributed by atoms with Crippen molar-refractivity contribution in [1.82, 2.24) is 5.12 Å². The van der Waals surface area contributed by atoms with Crippen molar-refractivity contribution in [1.29, 1.82) is 0 Å². The molecule has 0 aromatic heterocycles. The van der Waals surface area contributed by atoms with Gasteiger partial charge in [0.2, 0.25) is 0 Å². The van der Waals surface area contributed by atoms with Gasteiger partial charge < -0.3 is 5.73 Å². The fourth-order valence-corrected chi connectivity index (χ4v) is 0.235. The molecule has 0 aliphatic carbocycles. The number of rotatable bonds is 1. The normalized spacial score (nSPS) is 11.6. The highest BCUT2D eigenvalue weighted by atomic mass is 15.6. The average molecular weight is 102 g/mol. The van der Waals surface area contributed by atoms with E-state index in [1.54, 1.807) is 6.92 Å². The van der Waals surface area contributed by atoms with Gasteiger partial charge in [0.1, 0.15) is 0 Å². The summed E-state index contributed by atoms with van der Waals surface area (Å²) < 4.78 is 0. The number of hydrazine groups is 2. The van der Waals surface area contributed by atoms with Gasteiger partial charge in [0.05, 0.1) is 6.20 Å². The Morgan fingerprint density at radius 2 is 2.00 bits per heavy atom. The van der Waals surface area contributed by atoms with Crippen LogP contribution in [0.5, 0.6) is 0 Å². The maximum absolute atomic E-state index is 5.15. The maximum atomic E-state index is 5.15. The molecule has 0 saturated heterocycles. The molecule has 0 aliphatic heterocycles. The van der Waals surface area contributed by atoms with Gasteiger partial charge in [0, 0.05) is 5.70 Å². The predicted molar refractivity (Wildman–Crippen MR) is 28.2 cm³/mol. The van der Waals surface area contributed by atoms with E-state index < -0.39 is 0 Å². The Bertz CT molecular complexity index is 71.0. The first-order valence-corrected chi connectivity index (χ1v) is 1.85. The number of hydrogen-bond donors (Lipinski definition) is 3. The van der Waals surface area contributed by atoms with Gasteiger partial charge in [-0.1, -0.05) is 0 Å². The molecule has 0 bridgehead atoms. The summed E-state index contributed by atoms with van der Waals surface area (Å²) in [6.07, 6.45) is 1.42. The van der Waals surface area contributed by atoms with Crippen molar-refractivity contribution >= 4 is 0 Å². The Labute approximate surface area is 42.5 Å². The van der Waals surface area contributed by atoms with Crippen LogP contribution in [0.4, 0.5) is 0 Å². The molecule has 6 N–H and O–H groups in total. The van der Waals surface area contributed by atoms with E-state index in [-0.39, 0.29) is 0 Å². The summed E-state index contributed by atoms with van der Waals surface area (Å²) in [7, 11) is 0. The topological polar surface area (TPSA) is 81.3 Å². The number of allylic oxidation sites excluding steroid dienone is 1. The van der Waals surface area contributed by atoms with E-state index in [0.29, 0.717) is 5.70 Å². The van der Waals surface area contributed by atoms with Crippen LogP contribution in [0.15, 0.2) is 11.9 Å². The van der Waals surface area contributed by atoms with Crippen LogP contribution in [0.3, 0.4) is 0 Å². The SMILES string of the molecule is C/C(N)=C/N(N)N. The third-order valence-electron chi connectivity index (χ3n) is 0.353. The summed E-state index contributed by atoms with van der Waals surface area (Å²) in [4.78, 5) is 0. The Balaban J connectivity index is 3.45. The van der Waals surface area contributed by atoms with Gasteiger partial charge >= 0.3 is 0 Å². The van der Waals surface area contributed by atoms with Crippen molar-refractivity contribution in [3.63, 3.8) is 0 Å². The Morgan fingerprint density at radius 1 is 1.57 bits per heavy atom. The van der Waals surface area contributed by atoms with E-state index >= 15 is 0 Å². The third-order valence-corrected chi connectivity index (χ3v) is 0.353. The maximum Gasteiger partial charge on any atom is 0.0520 e. The summed E-state index contributed by atoms with van der Waals surface area (Å²) in [6.45, 7) is 1.70. The molecule has 0 aromatic rings. The van der Waals surface area contributed by atoms with Gasteiger partial charge in [-0.05, 0) is 6.92 Å². The van der Waals surface area contributed by atoms with E-state index in [2.05, 4.69) is 0 Å². The summed E-state index contributed by atoms with van der Waals surface area (Å²) in [5, 5.41) is 0.912. The van der Waals surface area contributed by atoms with E-state index in [4.69, 9.17) is 17.4 Å². The molecule has 4 nitrogen and oxygen atoms in total. The average Bonchev–Trinajstić information content (AvgIpc) is 1.27. The first-order chi connectivity index (χ1) is 3.13. The fraction of sp³-hybridized carbons (Fsp3) is 0.333. The predicted octanol–water partition coefficient (Wildman–Crippen LogP) is -1.14. The minimum atomic E-state index is 0.588. The zero-order chi connectivity index (χ0) is 5.86. The molecule has 0 saturated carbocycles. The van der Waals surface area contributed by atoms with E-state index in [0.717, 1.165) is 5.12 Å². The van der Waals surface area contributed by atoms with Crippen LogP contribution < -0.4 is 17.4 Å². The molecule has 0 fully saturated rings. The zero-order valence-electron chi connectivity index (χ0n) is 4.26. The molecule has 0 aliphatic rings. The second kappa shape index (κ2) is 2.44. The third kappa shape index (κ3) is 5.26. The highest BCUT2D eigenvalue weighted by Gasteiger charge is 1.76. The van der Waals surface area contributed by atoms with Crippen molar-refractivity contribution in [3.05, 3.63) is 11.9 Å². The highest BCUT2D eigenvalue weighted by molar-refractivity contribution is 4.87. The molecule has 0 aromatic carbocycles. The molecular formula is C3H10N4. The lowest BCUT2D eigenvalue weighted by atomic mass is 10.6. The summed E-state index contributed by atoms with van der Waals surface area (Å²) in [6, 6.07) is 0. The molecule has 0 heterocycles. The minimum Gasteiger partial charge on any atom is -0.401 e. The van der Waals surface area contributed by atoms with Crippen molar-refractivity contribution in [2.24, 2.45) is 17.4 Å². The summed E-state index contributed by atoms with van der Waals surface area (Å²) in [5.74, 6) is 9.90. The molecule has 0 spiro atoms. The number of hydrogen-bond acceptors (Lipinski definition) is 4. The Hall–Kier alpha value is -0.740. The minimum absolute atomic E-state index is 0.588. The number of nitrogens with zero attached hydrogens (tertiary/aromatic N) is 1. The van der Waals surface area contributed by atoms with E-state index in [9.17, 15) is 0 Å². The van der Waals surface area contributed by atoms with Crippen LogP contribution in [-0.2, 0) is 0 Å². The van der Waals surface area contributed by atoms with Crippen molar-refractivity contribution in [3.8, 4) is 0 Å². The lowest BCUT2D eigenvalue weighted by molar-refractivity contribution is 0.411. The molecule has 0 radical (unpaired) electrons. The highest BCUT2D eigenvalue weighted by Crippen LogP contribution is 1.74. The lowest BCUT2D eigenvalue weighted by Gasteiger charge is -2.02. The molecule has 0 rings (SSSR count). The second-order valence-electron chi connectivity index (χ2n) is 1.32. The van der Waals surface area contributed by atoms with Crippen LogP contribution in [0, 0.1) is 0 Å². The quantitative estimate of drug-likeness (QED) is 0.288. The number of nitrogens with two attached hydrogens (primary N) is 3. The van der Waals surface area contributed by atoms with E-state index in [1.165, 1.54) is 6.20 Å². The molecular weight excluding hydrogens is 92.1 g/mol. The van der Waals surface area contributed by atoms with Gasteiger partial charge in [0.25, 0.3) is 0 Å². The summed E-state index contributed by atoms with van der Waals surface area (Å²) >= 11 is 0. The van der Waals surface area contributed by atoms with Gasteiger partial charge in [-0.15, -0.1) is 0 Å². The van der Waals surface area contributed by atoms with Gasteiger partial charge in [-0.3, -0.25) is 5.12 Å². The Kier molecular flexibility index (Phi) is 2.18. The zero-order valence-corrected chi connectivity index (χ0v) is 4.26. The van der Waals surface area contributed by atoms with Crippen LogP contribution in [0.25, 0.3) is 0 Å². The van der Waals surface area contributed by atoms with Crippen molar-refractivity contribution in [2.45, 2.75) is 6.92 Å². The van der Waals surface area contributed by atoms with E-state index in [1.807, 2.05) is 0 Å². The second-order valence-corrected chi connectivity index (χ2v) is 1.32. The van der Waals surface area contributed by atoms with Crippen LogP contribution in [0.2, 0.25) is 0 Å². The Morgan fingerprint density at radius 3 is 2.00 bits per heavy atom. The van der Waals surface area contributed by atoms with Gasteiger partial charge in [-0.2, -0.15) is 0 Å². The van der Waals surface area contributed by atoms with Crippen LogP contribution in [0.1, 0.15) is 6.92 Å². The lowest BCUT2D eigenvalue weighted by Crippen LogP contribution is -2.32. The molecule has 0 atom stereocenters. The summed E-state index contributed by atoms with van der Waals surface area (Å²) in [5.41, 5.74) is 5.74. The molecule has 42 valence electrons. The van der Waals surface area contributed by atoms with Gasteiger partial charge in [-0.25, -0.2) is 11.7 Å². The van der Waals surface area contributed by atoms with Crippen LogP contribution >= 0.6 is 0 Å². The smallest absolute Gasteiger partial charge is 0.0520 e. The van der Waals surface area contributed by atoms with Crippen molar-refractivity contribution < 1.29 is 0 Å². The molecule has 7 heavy (non-hydrogen) atoms. The van der Waals surface area contributed by atoms with Gasteiger partial charge in [0.15, 0.2) is 0 Å². The van der Waals surface area contributed by atoms with Crippen LogP contribution in [-0.4, -0.2) is 5.12 Å². The fourth-order valence-electron chi connectivity index (χ4n) is 0.235. The molecule has 0 amide bonds. The van der Waals surface area contributed by atoms with Crippen molar-refractivity contribution in [2.75, 3.05) is 0 Å². The monoisotopic (exact) mass is 102 g/mol. The first-order valence-electron chi connectivity index (χ1n) is 1.85. The largest absolute Gasteiger partial charge is 0.401 e. The standard InChI is InChI=1S/C3H10N4/c1-3(4)2-7(5)6/h2H,4-6H2,1H3/b3-2-.